The molecule has 0 amide bonds. The molecule has 1 aromatic rings. The molecule has 0 aromatic carbocycles. The number of hydrogen-bond acceptors (Lipinski definition) is 3. The van der Waals surface area contributed by atoms with Crippen LogP contribution in [-0.2, 0) is 6.18 Å². The predicted octanol–water partition coefficient (Wildman–Crippen LogP) is 3.63. The maximum Gasteiger partial charge on any atom is 0.451 e. The number of hydrogen-bond donors (Lipinski definition) is 0. The Morgan fingerprint density at radius 2 is 1.78 bits per heavy atom. The molecule has 1 heterocycles. The van der Waals surface area contributed by atoms with E-state index < -0.39 is 12.0 Å². The van der Waals surface area contributed by atoms with E-state index in [-0.39, 0.29) is 16.4 Å². The Bertz CT molecular complexity index is 427. The van der Waals surface area contributed by atoms with E-state index in [4.69, 9.17) is 11.6 Å². The van der Waals surface area contributed by atoms with Gasteiger partial charge in [0.2, 0.25) is 5.82 Å². The molecule has 0 spiro atoms. The zero-order valence-corrected chi connectivity index (χ0v) is 11.4. The summed E-state index contributed by atoms with van der Waals surface area (Å²) in [5.41, 5.74) is -0.0649. The van der Waals surface area contributed by atoms with Crippen molar-refractivity contribution >= 4 is 17.4 Å². The molecule has 0 aliphatic rings. The summed E-state index contributed by atoms with van der Waals surface area (Å²) in [5.74, 6) is -1.05. The van der Waals surface area contributed by atoms with Crippen molar-refractivity contribution in [3.63, 3.8) is 0 Å². The van der Waals surface area contributed by atoms with Crippen molar-refractivity contribution in [3.8, 4) is 0 Å². The Balaban J connectivity index is 3.07. The van der Waals surface area contributed by atoms with Crippen LogP contribution >= 0.6 is 11.6 Å². The molecule has 0 fully saturated rings. The second kappa shape index (κ2) is 4.91. The normalized spacial score (nSPS) is 12.7. The van der Waals surface area contributed by atoms with Gasteiger partial charge in [0.25, 0.3) is 0 Å². The van der Waals surface area contributed by atoms with Gasteiger partial charge < -0.3 is 4.90 Å². The van der Waals surface area contributed by atoms with E-state index in [0.29, 0.717) is 6.54 Å². The van der Waals surface area contributed by atoms with Crippen LogP contribution in [-0.4, -0.2) is 23.6 Å². The molecule has 18 heavy (non-hydrogen) atoms. The minimum absolute atomic E-state index is 0.0649. The standard InChI is InChI=1S/C11H15ClF3N3/c1-10(2,3)6-18(4)8-5-7(12)16-9(17-8)11(13,14)15/h5H,6H2,1-4H3. The second-order valence-corrected chi connectivity index (χ2v) is 5.67. The molecule has 102 valence electrons. The van der Waals surface area contributed by atoms with Crippen LogP contribution in [0.3, 0.4) is 0 Å². The summed E-state index contributed by atoms with van der Waals surface area (Å²) in [6, 6.07) is 1.32. The van der Waals surface area contributed by atoms with Gasteiger partial charge in [-0.05, 0) is 5.41 Å². The van der Waals surface area contributed by atoms with E-state index in [1.807, 2.05) is 20.8 Å². The summed E-state index contributed by atoms with van der Waals surface area (Å²) in [6.07, 6.45) is -4.60. The summed E-state index contributed by atoms with van der Waals surface area (Å²) in [4.78, 5) is 8.31. The van der Waals surface area contributed by atoms with Crippen molar-refractivity contribution in [2.75, 3.05) is 18.5 Å². The van der Waals surface area contributed by atoms with Crippen LogP contribution < -0.4 is 4.90 Å². The minimum Gasteiger partial charge on any atom is -0.359 e. The van der Waals surface area contributed by atoms with Gasteiger partial charge in [-0.25, -0.2) is 9.97 Å². The van der Waals surface area contributed by atoms with Crippen molar-refractivity contribution in [2.45, 2.75) is 26.9 Å². The van der Waals surface area contributed by atoms with Crippen molar-refractivity contribution < 1.29 is 13.2 Å². The lowest BCUT2D eigenvalue weighted by atomic mass is 9.96. The molecule has 3 nitrogen and oxygen atoms in total. The lowest BCUT2D eigenvalue weighted by Gasteiger charge is -2.27. The van der Waals surface area contributed by atoms with Crippen LogP contribution in [0.2, 0.25) is 5.15 Å². The van der Waals surface area contributed by atoms with Crippen molar-refractivity contribution in [3.05, 3.63) is 17.0 Å². The number of nitrogens with zero attached hydrogens (tertiary/aromatic N) is 3. The van der Waals surface area contributed by atoms with Crippen molar-refractivity contribution in [2.24, 2.45) is 5.41 Å². The maximum atomic E-state index is 12.5. The third-order valence-corrected chi connectivity index (χ3v) is 2.23. The second-order valence-electron chi connectivity index (χ2n) is 5.29. The molecule has 0 atom stereocenters. The van der Waals surface area contributed by atoms with E-state index in [0.717, 1.165) is 0 Å². The highest BCUT2D eigenvalue weighted by molar-refractivity contribution is 6.29. The first-order chi connectivity index (χ1) is 7.99. The summed E-state index contributed by atoms with van der Waals surface area (Å²) in [7, 11) is 1.67. The number of halogens is 4. The fourth-order valence-corrected chi connectivity index (χ4v) is 1.70. The first-order valence-electron chi connectivity index (χ1n) is 5.32. The Morgan fingerprint density at radius 3 is 2.22 bits per heavy atom. The van der Waals surface area contributed by atoms with Crippen molar-refractivity contribution in [1.82, 2.24) is 9.97 Å². The molecule has 0 bridgehead atoms. The van der Waals surface area contributed by atoms with E-state index in [9.17, 15) is 13.2 Å². The Hall–Kier alpha value is -1.04. The highest BCUT2D eigenvalue weighted by Crippen LogP contribution is 2.29. The van der Waals surface area contributed by atoms with Crippen LogP contribution in [0.4, 0.5) is 19.0 Å². The molecular formula is C11H15ClF3N3. The van der Waals surface area contributed by atoms with Crippen LogP contribution in [0.15, 0.2) is 6.07 Å². The Labute approximate surface area is 109 Å². The molecule has 7 heteroatoms. The summed E-state index contributed by atoms with van der Waals surface area (Å²) < 4.78 is 37.6. The number of anilines is 1. The molecule has 0 unspecified atom stereocenters. The highest BCUT2D eigenvalue weighted by Gasteiger charge is 2.35. The quantitative estimate of drug-likeness (QED) is 0.775. The van der Waals surface area contributed by atoms with Crippen LogP contribution in [0, 0.1) is 5.41 Å². The topological polar surface area (TPSA) is 29.0 Å². The molecule has 0 N–H and O–H groups in total. The van der Waals surface area contributed by atoms with E-state index in [2.05, 4.69) is 9.97 Å². The smallest absolute Gasteiger partial charge is 0.359 e. The summed E-state index contributed by atoms with van der Waals surface area (Å²) >= 11 is 5.59. The molecule has 0 aliphatic heterocycles. The first kappa shape index (κ1) is 15.0. The summed E-state index contributed by atoms with van der Waals surface area (Å²) in [6.45, 7) is 6.50. The zero-order valence-electron chi connectivity index (χ0n) is 10.6. The molecule has 0 aliphatic carbocycles. The van der Waals surface area contributed by atoms with Gasteiger partial charge in [0.15, 0.2) is 0 Å². The van der Waals surface area contributed by atoms with E-state index >= 15 is 0 Å². The van der Waals surface area contributed by atoms with Crippen LogP contribution in [0.1, 0.15) is 26.6 Å². The van der Waals surface area contributed by atoms with Gasteiger partial charge in [0, 0.05) is 19.7 Å². The van der Waals surface area contributed by atoms with Gasteiger partial charge in [0.05, 0.1) is 0 Å². The lowest BCUT2D eigenvalue weighted by Crippen LogP contribution is -2.30. The average Bonchev–Trinajstić information content (AvgIpc) is 2.12. The number of alkyl halides is 3. The molecule has 0 saturated heterocycles. The van der Waals surface area contributed by atoms with E-state index in [1.54, 1.807) is 11.9 Å². The number of rotatable bonds is 2. The summed E-state index contributed by atoms with van der Waals surface area (Å²) in [5, 5.41) is -0.215. The Morgan fingerprint density at radius 1 is 1.22 bits per heavy atom. The van der Waals surface area contributed by atoms with Crippen LogP contribution in [0.25, 0.3) is 0 Å². The molecule has 1 rings (SSSR count). The monoisotopic (exact) mass is 281 g/mol. The van der Waals surface area contributed by atoms with Crippen molar-refractivity contribution in [1.29, 1.82) is 0 Å². The minimum atomic E-state index is -4.60. The number of aromatic nitrogens is 2. The molecule has 0 radical (unpaired) electrons. The third-order valence-electron chi connectivity index (χ3n) is 2.04. The fourth-order valence-electron chi connectivity index (χ4n) is 1.52. The maximum absolute atomic E-state index is 12.5. The van der Waals surface area contributed by atoms with Gasteiger partial charge in [-0.2, -0.15) is 13.2 Å². The lowest BCUT2D eigenvalue weighted by molar-refractivity contribution is -0.144. The fraction of sp³-hybridized carbons (Fsp3) is 0.636. The molecule has 0 saturated carbocycles. The SMILES string of the molecule is CN(CC(C)(C)C)c1cc(Cl)nc(C(F)(F)F)n1. The van der Waals surface area contributed by atoms with Gasteiger partial charge in [-0.15, -0.1) is 0 Å². The molecule has 1 aromatic heterocycles. The van der Waals surface area contributed by atoms with Gasteiger partial charge in [0.1, 0.15) is 11.0 Å². The largest absolute Gasteiger partial charge is 0.451 e. The third kappa shape index (κ3) is 4.33. The highest BCUT2D eigenvalue weighted by atomic mass is 35.5. The van der Waals surface area contributed by atoms with Crippen LogP contribution in [0.5, 0.6) is 0 Å². The zero-order chi connectivity index (χ0) is 14.1. The average molecular weight is 282 g/mol. The predicted molar refractivity (Wildman–Crippen MR) is 64.8 cm³/mol. The van der Waals surface area contributed by atoms with E-state index in [1.165, 1.54) is 6.07 Å². The first-order valence-corrected chi connectivity index (χ1v) is 5.70. The van der Waals surface area contributed by atoms with Gasteiger partial charge >= 0.3 is 6.18 Å². The van der Waals surface area contributed by atoms with Gasteiger partial charge in [-0.3, -0.25) is 0 Å². The van der Waals surface area contributed by atoms with Gasteiger partial charge in [-0.1, -0.05) is 32.4 Å². The Kier molecular flexibility index (Phi) is 4.10. The molecular weight excluding hydrogens is 267 g/mol.